The molecule has 0 amide bonds. The van der Waals surface area contributed by atoms with Gasteiger partial charge in [-0.25, -0.2) is 0 Å². The number of anilines is 2. The third kappa shape index (κ3) is 4.84. The summed E-state index contributed by atoms with van der Waals surface area (Å²) in [5, 5.41) is 3.37. The fourth-order valence-electron chi connectivity index (χ4n) is 2.89. The van der Waals surface area contributed by atoms with Crippen molar-refractivity contribution in [2.45, 2.75) is 35.8 Å². The number of hydrogen-bond donors (Lipinski definition) is 3. The zero-order valence-corrected chi connectivity index (χ0v) is 16.1. The quantitative estimate of drug-likeness (QED) is 0.673. The highest BCUT2D eigenvalue weighted by Gasteiger charge is 2.26. The van der Waals surface area contributed by atoms with Crippen LogP contribution in [0.3, 0.4) is 0 Å². The van der Waals surface area contributed by atoms with Crippen LogP contribution in [-0.4, -0.2) is 31.9 Å². The number of nitrogen functional groups attached to an aromatic ring is 2. The van der Waals surface area contributed by atoms with Crippen LogP contribution < -0.4 is 21.5 Å². The van der Waals surface area contributed by atoms with Gasteiger partial charge in [0.25, 0.3) is 0 Å². The van der Waals surface area contributed by atoms with E-state index in [0.29, 0.717) is 17.3 Å². The maximum absolute atomic E-state index is 6.12. The third-order valence-electron chi connectivity index (χ3n) is 4.72. The minimum Gasteiger partial charge on any atom is -0.490 e. The van der Waals surface area contributed by atoms with Crippen LogP contribution in [0.1, 0.15) is 13.8 Å². The van der Waals surface area contributed by atoms with E-state index < -0.39 is 0 Å². The summed E-state index contributed by atoms with van der Waals surface area (Å²) in [5.74, 6) is 1.18. The molecule has 2 aromatic carbocycles. The average Bonchev–Trinajstić information content (AvgIpc) is 2.66. The maximum atomic E-state index is 6.12. The van der Waals surface area contributed by atoms with Crippen molar-refractivity contribution >= 4 is 23.1 Å². The lowest BCUT2D eigenvalue weighted by molar-refractivity contribution is -0.0341. The summed E-state index contributed by atoms with van der Waals surface area (Å²) in [6, 6.07) is 13.8. The van der Waals surface area contributed by atoms with Crippen molar-refractivity contribution in [1.29, 1.82) is 0 Å². The van der Waals surface area contributed by atoms with Crippen LogP contribution >= 0.6 is 11.8 Å². The minimum absolute atomic E-state index is 0.0790. The number of rotatable bonds is 6. The molecule has 2 aromatic rings. The summed E-state index contributed by atoms with van der Waals surface area (Å²) in [6.45, 7) is 6.86. The number of ether oxygens (including phenoxy) is 2. The van der Waals surface area contributed by atoms with Gasteiger partial charge in [0.2, 0.25) is 0 Å². The molecule has 5 nitrogen and oxygen atoms in total. The summed E-state index contributed by atoms with van der Waals surface area (Å²) >= 11 is 1.65. The van der Waals surface area contributed by atoms with Crippen LogP contribution in [0.5, 0.6) is 5.75 Å². The molecule has 0 saturated carbocycles. The monoisotopic (exact) mass is 373 g/mol. The summed E-state index contributed by atoms with van der Waals surface area (Å²) in [4.78, 5) is 2.19. The van der Waals surface area contributed by atoms with Crippen molar-refractivity contribution in [3.63, 3.8) is 0 Å². The molecule has 0 bridgehead atoms. The maximum Gasteiger partial charge on any atom is 0.119 e. The second kappa shape index (κ2) is 8.66. The molecule has 0 aliphatic carbocycles. The Kier molecular flexibility index (Phi) is 6.29. The van der Waals surface area contributed by atoms with Gasteiger partial charge in [0, 0.05) is 28.8 Å². The van der Waals surface area contributed by atoms with E-state index in [1.165, 1.54) is 0 Å². The Morgan fingerprint density at radius 2 is 1.81 bits per heavy atom. The van der Waals surface area contributed by atoms with Crippen LogP contribution in [0.2, 0.25) is 0 Å². The van der Waals surface area contributed by atoms with Crippen molar-refractivity contribution < 1.29 is 9.47 Å². The fraction of sp³-hybridized carbons (Fsp3) is 0.400. The molecular weight excluding hydrogens is 346 g/mol. The molecule has 0 spiro atoms. The Balaban J connectivity index is 1.57. The van der Waals surface area contributed by atoms with E-state index in [0.717, 1.165) is 35.2 Å². The van der Waals surface area contributed by atoms with Gasteiger partial charge in [0.15, 0.2) is 0 Å². The lowest BCUT2D eigenvalue weighted by Crippen LogP contribution is -2.45. The molecule has 140 valence electrons. The van der Waals surface area contributed by atoms with Crippen LogP contribution in [0, 0.1) is 5.92 Å². The number of nitrogens with one attached hydrogen (secondary N) is 1. The van der Waals surface area contributed by atoms with Gasteiger partial charge < -0.3 is 26.3 Å². The fourth-order valence-corrected chi connectivity index (χ4v) is 3.75. The highest BCUT2D eigenvalue weighted by atomic mass is 32.2. The van der Waals surface area contributed by atoms with Crippen molar-refractivity contribution in [2.75, 3.05) is 31.2 Å². The topological polar surface area (TPSA) is 82.5 Å². The minimum atomic E-state index is 0.0790. The molecular formula is C20H27N3O2S. The van der Waals surface area contributed by atoms with Crippen molar-refractivity contribution in [3.8, 4) is 5.75 Å². The predicted octanol–water partition coefficient (Wildman–Crippen LogP) is 3.39. The van der Waals surface area contributed by atoms with E-state index >= 15 is 0 Å². The second-order valence-corrected chi connectivity index (χ2v) is 7.81. The molecule has 26 heavy (non-hydrogen) atoms. The highest BCUT2D eigenvalue weighted by molar-refractivity contribution is 7.99. The van der Waals surface area contributed by atoms with E-state index in [1.807, 2.05) is 30.3 Å². The Hall–Kier alpha value is -1.89. The predicted molar refractivity (Wildman–Crippen MR) is 108 cm³/mol. The van der Waals surface area contributed by atoms with Crippen LogP contribution in [0.4, 0.5) is 11.4 Å². The van der Waals surface area contributed by atoms with Gasteiger partial charge in [-0.1, -0.05) is 18.7 Å². The molecule has 6 heteroatoms. The molecule has 0 aromatic heterocycles. The van der Waals surface area contributed by atoms with Gasteiger partial charge >= 0.3 is 0 Å². The van der Waals surface area contributed by atoms with Crippen molar-refractivity contribution in [2.24, 2.45) is 5.92 Å². The smallest absolute Gasteiger partial charge is 0.119 e. The molecule has 1 saturated heterocycles. The molecule has 1 heterocycles. The zero-order chi connectivity index (χ0) is 18.5. The van der Waals surface area contributed by atoms with Gasteiger partial charge in [-0.2, -0.15) is 0 Å². The molecule has 3 unspecified atom stereocenters. The Morgan fingerprint density at radius 1 is 1.08 bits per heavy atom. The molecule has 1 aliphatic rings. The van der Waals surface area contributed by atoms with Crippen LogP contribution in [0.25, 0.3) is 0 Å². The first-order valence-electron chi connectivity index (χ1n) is 8.95. The Bertz CT molecular complexity index is 717. The first-order valence-corrected chi connectivity index (χ1v) is 9.76. The van der Waals surface area contributed by atoms with E-state index in [1.54, 1.807) is 11.8 Å². The first-order chi connectivity index (χ1) is 12.5. The molecule has 3 rings (SSSR count). The average molecular weight is 374 g/mol. The normalized spacial score (nSPS) is 19.7. The molecule has 5 N–H and O–H groups in total. The molecule has 0 radical (unpaired) electrons. The van der Waals surface area contributed by atoms with Gasteiger partial charge in [-0.05, 0) is 49.4 Å². The molecule has 1 aliphatic heterocycles. The highest BCUT2D eigenvalue weighted by Crippen LogP contribution is 2.32. The molecule has 3 atom stereocenters. The van der Waals surface area contributed by atoms with E-state index in [-0.39, 0.29) is 12.2 Å². The van der Waals surface area contributed by atoms with Gasteiger partial charge in [-0.3, -0.25) is 0 Å². The first kappa shape index (κ1) is 18.9. The Morgan fingerprint density at radius 3 is 2.46 bits per heavy atom. The van der Waals surface area contributed by atoms with Crippen molar-refractivity contribution in [3.05, 3.63) is 42.5 Å². The van der Waals surface area contributed by atoms with E-state index in [2.05, 4.69) is 31.3 Å². The lowest BCUT2D eigenvalue weighted by atomic mass is 9.98. The van der Waals surface area contributed by atoms with Crippen LogP contribution in [-0.2, 0) is 4.74 Å². The summed E-state index contributed by atoms with van der Waals surface area (Å²) < 4.78 is 12.0. The van der Waals surface area contributed by atoms with Crippen molar-refractivity contribution in [1.82, 2.24) is 5.32 Å². The van der Waals surface area contributed by atoms with Crippen LogP contribution in [0.15, 0.2) is 52.3 Å². The summed E-state index contributed by atoms with van der Waals surface area (Å²) in [6.07, 6.45) is 0.278. The molecule has 1 fully saturated rings. The summed E-state index contributed by atoms with van der Waals surface area (Å²) in [5.41, 5.74) is 12.9. The van der Waals surface area contributed by atoms with Gasteiger partial charge in [0.05, 0.1) is 24.1 Å². The zero-order valence-electron chi connectivity index (χ0n) is 15.3. The van der Waals surface area contributed by atoms with E-state index in [9.17, 15) is 0 Å². The number of morpholine rings is 1. The summed E-state index contributed by atoms with van der Waals surface area (Å²) in [7, 11) is 0. The standard InChI is InChI=1S/C20H27N3O2S/c1-13(20-12-23-9-10-24-20)14(2)25-15-3-5-16(6-4-15)26-17-7-8-18(21)19(22)11-17/h3-8,11,13-14,20,23H,9-10,12,21-22H2,1-2H3. The van der Waals surface area contributed by atoms with Gasteiger partial charge in [0.1, 0.15) is 11.9 Å². The van der Waals surface area contributed by atoms with E-state index in [4.69, 9.17) is 20.9 Å². The lowest BCUT2D eigenvalue weighted by Gasteiger charge is -2.32. The SMILES string of the molecule is CC(Oc1ccc(Sc2ccc(N)c(N)c2)cc1)C(C)C1CNCCO1. The third-order valence-corrected chi connectivity index (χ3v) is 5.72. The number of nitrogens with two attached hydrogens (primary N) is 2. The largest absolute Gasteiger partial charge is 0.490 e. The Labute approximate surface area is 159 Å². The number of benzene rings is 2. The van der Waals surface area contributed by atoms with Gasteiger partial charge in [-0.15, -0.1) is 0 Å². The second-order valence-electron chi connectivity index (χ2n) is 6.66. The number of hydrogen-bond acceptors (Lipinski definition) is 6.